The Morgan fingerprint density at radius 3 is 2.73 bits per heavy atom. The molecule has 136 valence electrons. The van der Waals surface area contributed by atoms with Crippen molar-refractivity contribution in [1.29, 1.82) is 0 Å². The summed E-state index contributed by atoms with van der Waals surface area (Å²) in [5.41, 5.74) is 3.10. The fraction of sp³-hybridized carbons (Fsp3) is 0.300. The zero-order chi connectivity index (χ0) is 18.7. The monoisotopic (exact) mass is 386 g/mol. The van der Waals surface area contributed by atoms with E-state index in [1.165, 1.54) is 16.9 Å². The van der Waals surface area contributed by atoms with Crippen molar-refractivity contribution in [1.82, 2.24) is 4.98 Å². The van der Waals surface area contributed by atoms with Crippen molar-refractivity contribution in [2.45, 2.75) is 33.1 Å². The molecule has 26 heavy (non-hydrogen) atoms. The summed E-state index contributed by atoms with van der Waals surface area (Å²) >= 11 is 3.04. The van der Waals surface area contributed by atoms with Gasteiger partial charge in [-0.1, -0.05) is 44.5 Å². The normalized spacial score (nSPS) is 11.4. The fourth-order valence-corrected chi connectivity index (χ4v) is 4.01. The van der Waals surface area contributed by atoms with Crippen molar-refractivity contribution in [3.8, 4) is 16.3 Å². The molecule has 0 saturated heterocycles. The molecule has 0 bridgehead atoms. The number of thiophene rings is 1. The van der Waals surface area contributed by atoms with Crippen LogP contribution in [0.15, 0.2) is 41.1 Å². The van der Waals surface area contributed by atoms with Crippen molar-refractivity contribution in [3.63, 3.8) is 0 Å². The smallest absolute Gasteiger partial charge is 0.264 e. The van der Waals surface area contributed by atoms with Gasteiger partial charge in [0.1, 0.15) is 5.75 Å². The Balaban J connectivity index is 1.63. The minimum absolute atomic E-state index is 0.0416. The van der Waals surface area contributed by atoms with Gasteiger partial charge in [-0.2, -0.15) is 0 Å². The molecule has 1 N–H and O–H groups in total. The molecule has 0 aliphatic rings. The van der Waals surface area contributed by atoms with Crippen LogP contribution in [-0.2, 0) is 10.2 Å². The number of aryl methyl sites for hydroxylation is 1. The Hall–Kier alpha value is -2.18. The van der Waals surface area contributed by atoms with Crippen LogP contribution in [0.3, 0.4) is 0 Å². The number of nitrogens with zero attached hydrogens (tertiary/aromatic N) is 1. The third kappa shape index (κ3) is 4.51. The number of hydrogen-bond donors (Lipinski definition) is 1. The van der Waals surface area contributed by atoms with E-state index in [1.807, 2.05) is 35.0 Å². The van der Waals surface area contributed by atoms with Gasteiger partial charge >= 0.3 is 0 Å². The number of anilines is 1. The van der Waals surface area contributed by atoms with E-state index in [0.29, 0.717) is 5.13 Å². The summed E-state index contributed by atoms with van der Waals surface area (Å²) < 4.78 is 5.80. The van der Waals surface area contributed by atoms with Gasteiger partial charge in [-0.15, -0.1) is 22.7 Å². The van der Waals surface area contributed by atoms with E-state index in [4.69, 9.17) is 4.74 Å². The highest BCUT2D eigenvalue weighted by molar-refractivity contribution is 7.16. The number of hydrogen-bond acceptors (Lipinski definition) is 5. The molecule has 0 radical (unpaired) electrons. The maximum Gasteiger partial charge on any atom is 0.264 e. The molecule has 0 atom stereocenters. The maximum atomic E-state index is 12.2. The van der Waals surface area contributed by atoms with Gasteiger partial charge in [0.05, 0.1) is 10.6 Å². The molecule has 4 nitrogen and oxygen atoms in total. The predicted octanol–water partition coefficient (Wildman–Crippen LogP) is 5.50. The van der Waals surface area contributed by atoms with E-state index < -0.39 is 0 Å². The first-order valence-corrected chi connectivity index (χ1v) is 10.1. The highest BCUT2D eigenvalue weighted by atomic mass is 32.1. The van der Waals surface area contributed by atoms with Crippen molar-refractivity contribution >= 4 is 33.7 Å². The average Bonchev–Trinajstić information content (AvgIpc) is 3.24. The van der Waals surface area contributed by atoms with Crippen molar-refractivity contribution in [2.75, 3.05) is 11.9 Å². The lowest BCUT2D eigenvalue weighted by atomic mass is 9.85. The zero-order valence-corrected chi connectivity index (χ0v) is 17.0. The summed E-state index contributed by atoms with van der Waals surface area (Å²) in [6.07, 6.45) is 0. The molecule has 2 aromatic heterocycles. The third-order valence-corrected chi connectivity index (χ3v) is 5.48. The first-order valence-electron chi connectivity index (χ1n) is 8.36. The Kier molecular flexibility index (Phi) is 5.44. The Morgan fingerprint density at radius 2 is 2.04 bits per heavy atom. The highest BCUT2D eigenvalue weighted by Gasteiger charge is 2.20. The standard InChI is InChI=1S/C20H22N2O2S2/c1-13-7-8-16(14(10-13)20(2,3)4)24-11-18(23)22-19-21-15(12-26-19)17-6-5-9-25-17/h5-10,12H,11H2,1-4H3,(H,21,22,23). The Labute approximate surface area is 161 Å². The minimum Gasteiger partial charge on any atom is -0.483 e. The Bertz CT molecular complexity index is 893. The predicted molar refractivity (Wildman–Crippen MR) is 109 cm³/mol. The zero-order valence-electron chi connectivity index (χ0n) is 15.3. The van der Waals surface area contributed by atoms with Crippen LogP contribution in [0.25, 0.3) is 10.6 Å². The summed E-state index contributed by atoms with van der Waals surface area (Å²) in [6, 6.07) is 10.0. The highest BCUT2D eigenvalue weighted by Crippen LogP contribution is 2.32. The van der Waals surface area contributed by atoms with Crippen LogP contribution in [0.5, 0.6) is 5.75 Å². The average molecular weight is 387 g/mol. The van der Waals surface area contributed by atoms with E-state index in [9.17, 15) is 4.79 Å². The van der Waals surface area contributed by atoms with Crippen molar-refractivity contribution in [3.05, 3.63) is 52.2 Å². The second kappa shape index (κ2) is 7.60. The topological polar surface area (TPSA) is 51.2 Å². The van der Waals surface area contributed by atoms with Gasteiger partial charge in [0.25, 0.3) is 5.91 Å². The first kappa shape index (κ1) is 18.6. The SMILES string of the molecule is Cc1ccc(OCC(=O)Nc2nc(-c3cccs3)cs2)c(C(C)(C)C)c1. The van der Waals surface area contributed by atoms with Crippen LogP contribution in [0, 0.1) is 6.92 Å². The number of carbonyl (C=O) groups excluding carboxylic acids is 1. The molecule has 0 aliphatic carbocycles. The first-order chi connectivity index (χ1) is 12.3. The van der Waals surface area contributed by atoms with Gasteiger partial charge in [-0.05, 0) is 35.4 Å². The second-order valence-electron chi connectivity index (χ2n) is 7.10. The molecule has 6 heteroatoms. The van der Waals surface area contributed by atoms with E-state index in [0.717, 1.165) is 21.9 Å². The van der Waals surface area contributed by atoms with E-state index >= 15 is 0 Å². The summed E-state index contributed by atoms with van der Waals surface area (Å²) in [6.45, 7) is 8.42. The number of benzene rings is 1. The fourth-order valence-electron chi connectivity index (χ4n) is 2.52. The van der Waals surface area contributed by atoms with E-state index in [-0.39, 0.29) is 17.9 Å². The van der Waals surface area contributed by atoms with Gasteiger partial charge < -0.3 is 4.74 Å². The molecule has 3 rings (SSSR count). The minimum atomic E-state index is -0.211. The molecule has 2 heterocycles. The largest absolute Gasteiger partial charge is 0.483 e. The summed E-state index contributed by atoms with van der Waals surface area (Å²) in [5, 5.41) is 7.35. The Morgan fingerprint density at radius 1 is 1.23 bits per heavy atom. The van der Waals surface area contributed by atoms with Crippen LogP contribution < -0.4 is 10.1 Å². The van der Waals surface area contributed by atoms with E-state index in [1.54, 1.807) is 11.3 Å². The molecule has 1 aromatic carbocycles. The molecular formula is C20H22N2O2S2. The second-order valence-corrected chi connectivity index (χ2v) is 8.91. The lowest BCUT2D eigenvalue weighted by molar-refractivity contribution is -0.118. The summed E-state index contributed by atoms with van der Waals surface area (Å²) in [5.74, 6) is 0.536. The molecule has 0 aliphatic heterocycles. The number of amides is 1. The van der Waals surface area contributed by atoms with E-state index in [2.05, 4.69) is 44.1 Å². The molecule has 3 aromatic rings. The number of ether oxygens (including phenoxy) is 1. The van der Waals surface area contributed by atoms with Gasteiger partial charge in [0.15, 0.2) is 11.7 Å². The lowest BCUT2D eigenvalue weighted by Gasteiger charge is -2.23. The van der Waals surface area contributed by atoms with Gasteiger partial charge in [0.2, 0.25) is 0 Å². The van der Waals surface area contributed by atoms with Gasteiger partial charge in [-0.25, -0.2) is 4.98 Å². The number of thiazole rings is 1. The van der Waals surface area contributed by atoms with Crippen LogP contribution in [-0.4, -0.2) is 17.5 Å². The molecule has 1 amide bonds. The molecule has 0 unspecified atom stereocenters. The van der Waals surface area contributed by atoms with Crippen molar-refractivity contribution in [2.24, 2.45) is 0 Å². The summed E-state index contributed by atoms with van der Waals surface area (Å²) in [7, 11) is 0. The number of rotatable bonds is 5. The number of carbonyl (C=O) groups is 1. The maximum absolute atomic E-state index is 12.2. The van der Waals surface area contributed by atoms with Crippen molar-refractivity contribution < 1.29 is 9.53 Å². The summed E-state index contributed by atoms with van der Waals surface area (Å²) in [4.78, 5) is 17.8. The van der Waals surface area contributed by atoms with Gasteiger partial charge in [0, 0.05) is 5.38 Å². The molecule has 0 fully saturated rings. The molecule has 0 spiro atoms. The van der Waals surface area contributed by atoms with Gasteiger partial charge in [-0.3, -0.25) is 10.1 Å². The molecular weight excluding hydrogens is 364 g/mol. The van der Waals surface area contributed by atoms with Crippen LogP contribution in [0.4, 0.5) is 5.13 Å². The van der Waals surface area contributed by atoms with Crippen LogP contribution in [0.2, 0.25) is 0 Å². The van der Waals surface area contributed by atoms with Crippen LogP contribution in [0.1, 0.15) is 31.9 Å². The molecule has 0 saturated carbocycles. The number of nitrogens with one attached hydrogen (secondary N) is 1. The number of aromatic nitrogens is 1. The third-order valence-electron chi connectivity index (χ3n) is 3.83. The lowest BCUT2D eigenvalue weighted by Crippen LogP contribution is -2.22. The van der Waals surface area contributed by atoms with Crippen LogP contribution >= 0.6 is 22.7 Å². The quantitative estimate of drug-likeness (QED) is 0.630.